The number of azo groups is 1. The Morgan fingerprint density at radius 3 is 0.700 bits per heavy atom. The predicted octanol–water partition coefficient (Wildman–Crippen LogP) is 3.04. The van der Waals surface area contributed by atoms with Gasteiger partial charge in [0, 0.05) is 0 Å². The van der Waals surface area contributed by atoms with Gasteiger partial charge in [-0.15, -0.1) is 10.2 Å². The first-order valence-electron chi connectivity index (χ1n) is 9.07. The lowest BCUT2D eigenvalue weighted by Crippen LogP contribution is -2.06. The van der Waals surface area contributed by atoms with Crippen molar-refractivity contribution in [2.75, 3.05) is 0 Å². The summed E-state index contributed by atoms with van der Waals surface area (Å²) in [5, 5.41) is 113. The lowest BCUT2D eigenvalue weighted by molar-refractivity contribution is -0.403. The molecule has 0 amide bonds. The Hall–Kier alpha value is -7.60. The molecule has 0 saturated carbocycles. The van der Waals surface area contributed by atoms with Gasteiger partial charge in [-0.3, -0.25) is 60.7 Å². The van der Waals surface area contributed by atoms with Crippen LogP contribution in [0.15, 0.2) is 10.2 Å². The molecule has 0 heterocycles. The number of rotatable bonds is 8. The standard InChI is InChI=1S/C16N12O12/c17-1-5-11(23(29)30)6(2-18)14(26(35)36)9(13(5)25(33)34)21-22-10-15(27(37)38)7(3-19)12(24(31)32)8(4-20)16(10)28(39)40. The van der Waals surface area contributed by atoms with Gasteiger partial charge in [0.1, 0.15) is 24.3 Å². The summed E-state index contributed by atoms with van der Waals surface area (Å²) in [6.07, 6.45) is 0. The molecule has 0 aromatic heterocycles. The first kappa shape index (κ1) is 28.6. The number of nitrogens with zero attached hydrogens (tertiary/aromatic N) is 12. The Morgan fingerprint density at radius 1 is 0.400 bits per heavy atom. The van der Waals surface area contributed by atoms with Gasteiger partial charge >= 0.3 is 34.1 Å². The van der Waals surface area contributed by atoms with Crippen molar-refractivity contribution in [3.8, 4) is 24.3 Å². The van der Waals surface area contributed by atoms with Crippen LogP contribution in [0, 0.1) is 106 Å². The van der Waals surface area contributed by atoms with Crippen molar-refractivity contribution in [2.24, 2.45) is 10.2 Å². The predicted molar refractivity (Wildman–Crippen MR) is 116 cm³/mol. The number of nitriles is 4. The van der Waals surface area contributed by atoms with E-state index < -0.39 is 97.3 Å². The summed E-state index contributed by atoms with van der Waals surface area (Å²) >= 11 is 0. The zero-order valence-electron chi connectivity index (χ0n) is 18.3. The Morgan fingerprint density at radius 2 is 0.575 bits per heavy atom. The molecule has 0 unspecified atom stereocenters. The summed E-state index contributed by atoms with van der Waals surface area (Å²) < 4.78 is 0. The Balaban J connectivity index is 3.37. The minimum absolute atomic E-state index is 0.986. The van der Waals surface area contributed by atoms with Crippen LogP contribution in [0.1, 0.15) is 22.3 Å². The quantitative estimate of drug-likeness (QED) is 0.258. The van der Waals surface area contributed by atoms with Crippen molar-refractivity contribution >= 4 is 45.5 Å². The molecule has 2 aromatic rings. The molecule has 0 spiro atoms. The Kier molecular flexibility index (Phi) is 7.57. The van der Waals surface area contributed by atoms with Crippen LogP contribution in [-0.4, -0.2) is 29.5 Å². The molecule has 0 aliphatic rings. The van der Waals surface area contributed by atoms with Crippen molar-refractivity contribution in [2.45, 2.75) is 0 Å². The van der Waals surface area contributed by atoms with Crippen molar-refractivity contribution in [1.82, 2.24) is 0 Å². The summed E-state index contributed by atoms with van der Waals surface area (Å²) in [6.45, 7) is 0. The lowest BCUT2D eigenvalue weighted by Gasteiger charge is -2.06. The highest BCUT2D eigenvalue weighted by Gasteiger charge is 2.45. The molecular weight excluding hydrogens is 552 g/mol. The number of hydrogen-bond donors (Lipinski definition) is 0. The second kappa shape index (κ2) is 10.6. The van der Waals surface area contributed by atoms with E-state index in [1.165, 1.54) is 0 Å². The molecule has 0 fully saturated rings. The van der Waals surface area contributed by atoms with Gasteiger partial charge in [-0.05, 0) is 0 Å². The highest BCUT2D eigenvalue weighted by molar-refractivity contribution is 5.88. The molecule has 0 radical (unpaired) electrons. The van der Waals surface area contributed by atoms with E-state index in [-0.39, 0.29) is 0 Å². The van der Waals surface area contributed by atoms with Crippen LogP contribution in [-0.2, 0) is 0 Å². The molecule has 40 heavy (non-hydrogen) atoms. The number of nitro benzene ring substituents is 6. The first-order chi connectivity index (χ1) is 18.7. The average molecular weight is 552 g/mol. The summed E-state index contributed by atoms with van der Waals surface area (Å²) in [4.78, 5) is 60.0. The molecule has 196 valence electrons. The first-order valence-corrected chi connectivity index (χ1v) is 9.07. The van der Waals surface area contributed by atoms with E-state index in [1.807, 2.05) is 0 Å². The van der Waals surface area contributed by atoms with E-state index in [9.17, 15) is 81.7 Å². The van der Waals surface area contributed by atoms with Crippen molar-refractivity contribution in [1.29, 1.82) is 21.0 Å². The molecular formula is C16N12O12. The maximum atomic E-state index is 11.7. The number of hydrogen-bond acceptors (Lipinski definition) is 18. The maximum absolute atomic E-state index is 11.7. The number of nitro groups is 6. The van der Waals surface area contributed by atoms with E-state index in [4.69, 9.17) is 0 Å². The van der Waals surface area contributed by atoms with Crippen molar-refractivity contribution < 1.29 is 29.5 Å². The zero-order chi connectivity index (χ0) is 30.6. The van der Waals surface area contributed by atoms with Crippen LogP contribution >= 0.6 is 0 Å². The highest BCUT2D eigenvalue weighted by atomic mass is 16.6. The summed E-state index contributed by atoms with van der Waals surface area (Å²) in [5.74, 6) is 0. The third-order valence-electron chi connectivity index (χ3n) is 4.58. The largest absolute Gasteiger partial charge is 0.328 e. The third kappa shape index (κ3) is 4.39. The molecule has 0 saturated heterocycles. The fraction of sp³-hybridized carbons (Fsp3) is 0. The molecule has 2 aromatic carbocycles. The summed E-state index contributed by atoms with van der Waals surface area (Å²) in [5.41, 5.74) is -20.5. The van der Waals surface area contributed by atoms with Crippen LogP contribution in [0.5, 0.6) is 0 Å². The minimum Gasteiger partial charge on any atom is -0.258 e. The minimum atomic E-state index is -1.84. The Labute approximate surface area is 214 Å². The van der Waals surface area contributed by atoms with Gasteiger partial charge in [-0.2, -0.15) is 21.0 Å². The summed E-state index contributed by atoms with van der Waals surface area (Å²) in [7, 11) is 0. The summed E-state index contributed by atoms with van der Waals surface area (Å²) in [6, 6.07) is 3.94. The van der Waals surface area contributed by atoms with E-state index in [2.05, 4.69) is 10.2 Å². The van der Waals surface area contributed by atoms with E-state index in [1.54, 1.807) is 0 Å². The molecule has 0 aliphatic carbocycles. The van der Waals surface area contributed by atoms with Gasteiger partial charge < -0.3 is 0 Å². The maximum Gasteiger partial charge on any atom is 0.328 e. The molecule has 0 atom stereocenters. The smallest absolute Gasteiger partial charge is 0.258 e. The lowest BCUT2D eigenvalue weighted by atomic mass is 10.0. The van der Waals surface area contributed by atoms with Gasteiger partial charge in [0.25, 0.3) is 0 Å². The molecule has 0 aliphatic heterocycles. The van der Waals surface area contributed by atoms with E-state index in [0.717, 1.165) is 24.3 Å². The molecule has 2 rings (SSSR count). The van der Waals surface area contributed by atoms with Gasteiger partial charge in [0.2, 0.25) is 33.6 Å². The average Bonchev–Trinajstić information content (AvgIpc) is 2.87. The second-order valence-corrected chi connectivity index (χ2v) is 6.48. The zero-order valence-corrected chi connectivity index (χ0v) is 18.3. The molecule has 24 nitrogen and oxygen atoms in total. The number of benzene rings is 2. The van der Waals surface area contributed by atoms with Crippen molar-refractivity contribution in [3.05, 3.63) is 82.9 Å². The molecule has 24 heteroatoms. The van der Waals surface area contributed by atoms with E-state index in [0.29, 0.717) is 0 Å². The van der Waals surface area contributed by atoms with Crippen LogP contribution in [0.3, 0.4) is 0 Å². The fourth-order valence-electron chi connectivity index (χ4n) is 3.19. The SMILES string of the molecule is N#Cc1c([N+](=O)[O-])c(C#N)c([N+](=O)[O-])c(N=Nc2c([N+](=O)[O-])c(C#N)c([N+](=O)[O-])c(C#N)c2[N+](=O)[O-])c1[N+](=O)[O-]. The fourth-order valence-corrected chi connectivity index (χ4v) is 3.19. The van der Waals surface area contributed by atoms with Crippen LogP contribution in [0.25, 0.3) is 0 Å². The monoisotopic (exact) mass is 552 g/mol. The van der Waals surface area contributed by atoms with Crippen molar-refractivity contribution in [3.63, 3.8) is 0 Å². The molecule has 0 bridgehead atoms. The van der Waals surface area contributed by atoms with Gasteiger partial charge in [0.15, 0.2) is 0 Å². The van der Waals surface area contributed by atoms with Crippen LogP contribution < -0.4 is 0 Å². The van der Waals surface area contributed by atoms with Crippen LogP contribution in [0.2, 0.25) is 0 Å². The molecule has 0 N–H and O–H groups in total. The van der Waals surface area contributed by atoms with Gasteiger partial charge in [-0.1, -0.05) is 0 Å². The van der Waals surface area contributed by atoms with Gasteiger partial charge in [0.05, 0.1) is 29.5 Å². The van der Waals surface area contributed by atoms with E-state index >= 15 is 0 Å². The topological polar surface area (TPSA) is 379 Å². The Bertz CT molecular complexity index is 1580. The van der Waals surface area contributed by atoms with Gasteiger partial charge in [-0.25, -0.2) is 0 Å². The second-order valence-electron chi connectivity index (χ2n) is 6.48. The normalized spacial score (nSPS) is 10.0. The third-order valence-corrected chi connectivity index (χ3v) is 4.58. The highest BCUT2D eigenvalue weighted by Crippen LogP contribution is 2.51. The van der Waals surface area contributed by atoms with Crippen LogP contribution in [0.4, 0.5) is 45.5 Å².